The van der Waals surface area contributed by atoms with Crippen LogP contribution in [0.15, 0.2) is 72.8 Å². The number of carbonyl (C=O) groups is 3. The van der Waals surface area contributed by atoms with E-state index in [4.69, 9.17) is 4.74 Å². The maximum absolute atomic E-state index is 13.4. The van der Waals surface area contributed by atoms with Crippen molar-refractivity contribution in [3.05, 3.63) is 89.5 Å². The van der Waals surface area contributed by atoms with Crippen molar-refractivity contribution in [1.29, 1.82) is 0 Å². The van der Waals surface area contributed by atoms with Crippen molar-refractivity contribution in [3.8, 4) is 5.75 Å². The Balaban J connectivity index is 1.35. The highest BCUT2D eigenvalue weighted by atomic mass is 16.5. The molecule has 5 rings (SSSR count). The van der Waals surface area contributed by atoms with Gasteiger partial charge in [-0.15, -0.1) is 0 Å². The van der Waals surface area contributed by atoms with E-state index >= 15 is 0 Å². The Morgan fingerprint density at radius 1 is 1.00 bits per heavy atom. The van der Waals surface area contributed by atoms with Crippen molar-refractivity contribution in [2.75, 3.05) is 23.9 Å². The molecule has 2 aliphatic heterocycles. The van der Waals surface area contributed by atoms with Crippen LogP contribution in [-0.2, 0) is 11.3 Å². The molecule has 3 aromatic rings. The summed E-state index contributed by atoms with van der Waals surface area (Å²) in [6.45, 7) is 0.934. The topological polar surface area (TPSA) is 79.0 Å². The van der Waals surface area contributed by atoms with Gasteiger partial charge in [-0.1, -0.05) is 24.3 Å². The number of hydrogen-bond acceptors (Lipinski definition) is 4. The number of hydrogen-bond donors (Lipinski definition) is 1. The Morgan fingerprint density at radius 2 is 1.74 bits per heavy atom. The molecule has 0 bridgehead atoms. The third-order valence-corrected chi connectivity index (χ3v) is 6.39. The first-order chi connectivity index (χ1) is 16.5. The average Bonchev–Trinajstić information content (AvgIpc) is 3.35. The van der Waals surface area contributed by atoms with Crippen molar-refractivity contribution in [3.63, 3.8) is 0 Å². The fraction of sp³-hybridized carbons (Fsp3) is 0.222. The van der Waals surface area contributed by atoms with Crippen LogP contribution < -0.4 is 15.0 Å². The molecular weight excluding hydrogens is 430 g/mol. The third-order valence-electron chi connectivity index (χ3n) is 6.39. The first-order valence-corrected chi connectivity index (χ1v) is 11.3. The van der Waals surface area contributed by atoms with Crippen LogP contribution in [0.4, 0.5) is 11.4 Å². The van der Waals surface area contributed by atoms with Gasteiger partial charge in [0.05, 0.1) is 24.9 Å². The summed E-state index contributed by atoms with van der Waals surface area (Å²) in [4.78, 5) is 42.5. The smallest absolute Gasteiger partial charge is 0.256 e. The molecule has 1 N–H and O–H groups in total. The van der Waals surface area contributed by atoms with Crippen LogP contribution in [-0.4, -0.2) is 42.3 Å². The van der Waals surface area contributed by atoms with E-state index in [9.17, 15) is 14.4 Å². The molecule has 0 spiro atoms. The quantitative estimate of drug-likeness (QED) is 0.628. The minimum atomic E-state index is -0.422. The largest absolute Gasteiger partial charge is 0.497 e. The minimum Gasteiger partial charge on any atom is -0.497 e. The zero-order chi connectivity index (χ0) is 23.7. The summed E-state index contributed by atoms with van der Waals surface area (Å²) >= 11 is 0. The van der Waals surface area contributed by atoms with Crippen LogP contribution in [0.2, 0.25) is 0 Å². The molecule has 2 heterocycles. The number of rotatable bonds is 5. The normalized spacial score (nSPS) is 17.1. The van der Waals surface area contributed by atoms with Crippen molar-refractivity contribution in [1.82, 2.24) is 4.90 Å². The van der Waals surface area contributed by atoms with Crippen molar-refractivity contribution in [2.24, 2.45) is 0 Å². The molecule has 1 saturated heterocycles. The van der Waals surface area contributed by atoms with Gasteiger partial charge >= 0.3 is 0 Å². The maximum atomic E-state index is 13.4. The molecular formula is C27H25N3O4. The van der Waals surface area contributed by atoms with Gasteiger partial charge in [0.15, 0.2) is 0 Å². The number of amides is 3. The van der Waals surface area contributed by atoms with Crippen molar-refractivity contribution >= 4 is 29.1 Å². The zero-order valence-electron chi connectivity index (χ0n) is 18.9. The number of para-hydroxylation sites is 1. The van der Waals surface area contributed by atoms with E-state index in [1.807, 2.05) is 30.3 Å². The van der Waals surface area contributed by atoms with Gasteiger partial charge in [0.1, 0.15) is 11.8 Å². The van der Waals surface area contributed by atoms with E-state index in [-0.39, 0.29) is 17.7 Å². The lowest BCUT2D eigenvalue weighted by atomic mass is 10.1. The van der Waals surface area contributed by atoms with Gasteiger partial charge in [-0.2, -0.15) is 0 Å². The maximum Gasteiger partial charge on any atom is 0.256 e. The minimum absolute atomic E-state index is 0.0582. The second kappa shape index (κ2) is 9.02. The molecule has 7 heteroatoms. The number of nitrogens with zero attached hydrogens (tertiary/aromatic N) is 2. The van der Waals surface area contributed by atoms with Crippen LogP contribution in [0.25, 0.3) is 0 Å². The lowest BCUT2D eigenvalue weighted by molar-refractivity contribution is -0.122. The summed E-state index contributed by atoms with van der Waals surface area (Å²) in [5.74, 6) is 0.353. The molecule has 3 amide bonds. The molecule has 34 heavy (non-hydrogen) atoms. The van der Waals surface area contributed by atoms with Gasteiger partial charge in [0.25, 0.3) is 11.8 Å². The van der Waals surface area contributed by atoms with Crippen LogP contribution in [0.1, 0.15) is 39.1 Å². The Hall–Kier alpha value is -4.13. The summed E-state index contributed by atoms with van der Waals surface area (Å²) in [7, 11) is 1.59. The molecule has 7 nitrogen and oxygen atoms in total. The SMILES string of the molecule is COc1ccc(NC(=O)c2ccc(CN3C(=O)C4CCCN4C(=O)c4ccccc43)cc2)cc1. The summed E-state index contributed by atoms with van der Waals surface area (Å²) in [5, 5.41) is 2.87. The van der Waals surface area contributed by atoms with E-state index in [0.717, 1.165) is 17.7 Å². The number of methoxy groups -OCH3 is 1. The van der Waals surface area contributed by atoms with Gasteiger partial charge in [-0.05, 0) is 66.9 Å². The zero-order valence-corrected chi connectivity index (χ0v) is 18.9. The van der Waals surface area contributed by atoms with Crippen LogP contribution in [0.5, 0.6) is 5.75 Å². The lowest BCUT2D eigenvalue weighted by Gasteiger charge is -2.26. The van der Waals surface area contributed by atoms with Crippen LogP contribution >= 0.6 is 0 Å². The van der Waals surface area contributed by atoms with Crippen molar-refractivity contribution < 1.29 is 19.1 Å². The Labute approximate surface area is 197 Å². The fourth-order valence-corrected chi connectivity index (χ4v) is 4.59. The van der Waals surface area contributed by atoms with Gasteiger partial charge in [-0.3, -0.25) is 14.4 Å². The molecule has 0 aliphatic carbocycles. The van der Waals surface area contributed by atoms with Crippen LogP contribution in [0, 0.1) is 0 Å². The Kier molecular flexibility index (Phi) is 5.76. The monoisotopic (exact) mass is 455 g/mol. The number of carbonyl (C=O) groups excluding carboxylic acids is 3. The predicted molar refractivity (Wildman–Crippen MR) is 129 cm³/mol. The van der Waals surface area contributed by atoms with Gasteiger partial charge in [0, 0.05) is 17.8 Å². The number of anilines is 2. The first kappa shape index (κ1) is 21.7. The van der Waals surface area contributed by atoms with E-state index in [1.54, 1.807) is 59.4 Å². The number of nitrogens with one attached hydrogen (secondary N) is 1. The molecule has 2 aliphatic rings. The summed E-state index contributed by atoms with van der Waals surface area (Å²) in [6, 6.07) is 21.2. The van der Waals surface area contributed by atoms with Crippen LogP contribution in [0.3, 0.4) is 0 Å². The summed E-state index contributed by atoms with van der Waals surface area (Å²) in [6.07, 6.45) is 1.51. The second-order valence-corrected chi connectivity index (χ2v) is 8.48. The highest BCUT2D eigenvalue weighted by Crippen LogP contribution is 2.33. The van der Waals surface area contributed by atoms with E-state index in [2.05, 4.69) is 5.32 Å². The molecule has 0 radical (unpaired) electrons. The molecule has 1 atom stereocenters. The van der Waals surface area contributed by atoms with Gasteiger partial charge in [-0.25, -0.2) is 0 Å². The van der Waals surface area contributed by atoms with E-state index in [0.29, 0.717) is 42.0 Å². The van der Waals surface area contributed by atoms with Gasteiger partial charge in [0.2, 0.25) is 5.91 Å². The molecule has 1 fully saturated rings. The highest BCUT2D eigenvalue weighted by Gasteiger charge is 2.41. The third kappa shape index (κ3) is 4.01. The van der Waals surface area contributed by atoms with Crippen molar-refractivity contribution in [2.45, 2.75) is 25.4 Å². The molecule has 0 saturated carbocycles. The highest BCUT2D eigenvalue weighted by molar-refractivity contribution is 6.11. The average molecular weight is 456 g/mol. The molecule has 1 unspecified atom stereocenters. The standard InChI is InChI=1S/C27H25N3O4/c1-34-21-14-12-20(13-15-21)28-25(31)19-10-8-18(9-11-19)17-30-23-6-3-2-5-22(23)26(32)29-16-4-7-24(29)27(30)33/h2-3,5-6,8-15,24H,4,7,16-17H2,1H3,(H,28,31). The second-order valence-electron chi connectivity index (χ2n) is 8.48. The molecule has 0 aromatic heterocycles. The number of ether oxygens (including phenoxy) is 1. The fourth-order valence-electron chi connectivity index (χ4n) is 4.59. The molecule has 3 aromatic carbocycles. The Bertz CT molecular complexity index is 1240. The molecule has 172 valence electrons. The Morgan fingerprint density at radius 3 is 2.47 bits per heavy atom. The lowest BCUT2D eigenvalue weighted by Crippen LogP contribution is -2.44. The van der Waals surface area contributed by atoms with Gasteiger partial charge < -0.3 is 19.9 Å². The number of benzene rings is 3. The number of fused-ring (bicyclic) bond motifs is 2. The van der Waals surface area contributed by atoms with E-state index in [1.165, 1.54) is 0 Å². The van der Waals surface area contributed by atoms with E-state index < -0.39 is 6.04 Å². The predicted octanol–water partition coefficient (Wildman–Crippen LogP) is 4.10. The first-order valence-electron chi connectivity index (χ1n) is 11.3. The summed E-state index contributed by atoms with van der Waals surface area (Å²) in [5.41, 5.74) is 3.25. The summed E-state index contributed by atoms with van der Waals surface area (Å²) < 4.78 is 5.14.